The minimum atomic E-state index is 0.0386. The second-order valence-electron chi connectivity index (χ2n) is 4.63. The fourth-order valence-corrected chi connectivity index (χ4v) is 2.41. The second kappa shape index (κ2) is 4.72. The van der Waals surface area contributed by atoms with E-state index in [0.717, 1.165) is 11.4 Å². The number of nitrogens with one attached hydrogen (secondary N) is 1. The Kier molecular flexibility index (Phi) is 2.91. The molecule has 1 unspecified atom stereocenters. The van der Waals surface area contributed by atoms with Crippen molar-refractivity contribution in [1.29, 1.82) is 0 Å². The molecule has 4 nitrogen and oxygen atoms in total. The van der Waals surface area contributed by atoms with Crippen molar-refractivity contribution < 1.29 is 4.79 Å². The van der Waals surface area contributed by atoms with Gasteiger partial charge >= 0.3 is 0 Å². The van der Waals surface area contributed by atoms with Gasteiger partial charge in [0, 0.05) is 13.1 Å². The van der Waals surface area contributed by atoms with Gasteiger partial charge in [0.05, 0.1) is 30.2 Å². The van der Waals surface area contributed by atoms with E-state index in [4.69, 9.17) is 0 Å². The molecule has 1 aliphatic heterocycles. The number of hydrogen-bond acceptors (Lipinski definition) is 3. The van der Waals surface area contributed by atoms with Crippen molar-refractivity contribution in [2.45, 2.75) is 13.0 Å². The maximum Gasteiger partial charge on any atom is 0.224 e. The summed E-state index contributed by atoms with van der Waals surface area (Å²) >= 11 is 0. The number of nitrogens with zero attached hydrogens (tertiary/aromatic N) is 2. The molecule has 19 heavy (non-hydrogen) atoms. The summed E-state index contributed by atoms with van der Waals surface area (Å²) in [5.74, 6) is 0.0386. The van der Waals surface area contributed by atoms with Crippen LogP contribution in [-0.4, -0.2) is 17.4 Å². The maximum atomic E-state index is 11.8. The van der Waals surface area contributed by atoms with Crippen LogP contribution in [0.5, 0.6) is 0 Å². The highest BCUT2D eigenvalue weighted by Gasteiger charge is 2.27. The Morgan fingerprint density at radius 2 is 2.11 bits per heavy atom. The number of carbonyl (C=O) groups is 1. The molecule has 96 valence electrons. The minimum absolute atomic E-state index is 0.0386. The lowest BCUT2D eigenvalue weighted by molar-refractivity contribution is -0.116. The number of fused-ring (bicyclic) bond motifs is 1. The Balaban J connectivity index is 1.99. The van der Waals surface area contributed by atoms with Gasteiger partial charge in [0.2, 0.25) is 5.91 Å². The molecule has 0 radical (unpaired) electrons. The standard InChI is InChI=1S/C15H15N3O/c1-11(19)18-10-14(12-5-3-2-4-6-12)17-13-7-8-16-9-15(13)18/h2-9,14,17H,10H2,1H3. The molecular weight excluding hydrogens is 238 g/mol. The molecule has 1 amide bonds. The first-order valence-corrected chi connectivity index (χ1v) is 6.29. The molecule has 0 bridgehead atoms. The largest absolute Gasteiger partial charge is 0.375 e. The zero-order chi connectivity index (χ0) is 13.2. The molecule has 0 fully saturated rings. The van der Waals surface area contributed by atoms with Gasteiger partial charge < -0.3 is 10.2 Å². The van der Waals surface area contributed by atoms with Crippen molar-refractivity contribution in [2.75, 3.05) is 16.8 Å². The highest BCUT2D eigenvalue weighted by molar-refractivity contribution is 5.96. The second-order valence-corrected chi connectivity index (χ2v) is 4.63. The Hall–Kier alpha value is -2.36. The van der Waals surface area contributed by atoms with Crippen molar-refractivity contribution in [2.24, 2.45) is 0 Å². The molecule has 1 aromatic heterocycles. The van der Waals surface area contributed by atoms with Gasteiger partial charge in [-0.3, -0.25) is 9.78 Å². The van der Waals surface area contributed by atoms with Gasteiger partial charge in [0.25, 0.3) is 0 Å². The molecule has 4 heteroatoms. The third-order valence-electron chi connectivity index (χ3n) is 3.37. The Labute approximate surface area is 112 Å². The maximum absolute atomic E-state index is 11.8. The molecule has 1 N–H and O–H groups in total. The Morgan fingerprint density at radius 1 is 1.32 bits per heavy atom. The summed E-state index contributed by atoms with van der Waals surface area (Å²) in [5, 5.41) is 3.46. The molecule has 0 saturated heterocycles. The molecule has 0 aliphatic carbocycles. The molecule has 2 aromatic rings. The summed E-state index contributed by atoms with van der Waals surface area (Å²) in [5.41, 5.74) is 2.98. The molecular formula is C15H15N3O. The van der Waals surface area contributed by atoms with Crippen molar-refractivity contribution >= 4 is 17.3 Å². The highest BCUT2D eigenvalue weighted by Crippen LogP contribution is 2.34. The zero-order valence-electron chi connectivity index (χ0n) is 10.7. The van der Waals surface area contributed by atoms with Crippen LogP contribution in [0.4, 0.5) is 11.4 Å². The molecule has 1 aromatic carbocycles. The van der Waals surface area contributed by atoms with Gasteiger partial charge in [-0.1, -0.05) is 30.3 Å². The van der Waals surface area contributed by atoms with Crippen LogP contribution in [0.1, 0.15) is 18.5 Å². The first-order valence-electron chi connectivity index (χ1n) is 6.29. The number of benzene rings is 1. The summed E-state index contributed by atoms with van der Waals surface area (Å²) in [4.78, 5) is 17.7. The van der Waals surface area contributed by atoms with Crippen molar-refractivity contribution in [3.63, 3.8) is 0 Å². The summed E-state index contributed by atoms with van der Waals surface area (Å²) in [7, 11) is 0. The molecule has 1 aliphatic rings. The monoisotopic (exact) mass is 253 g/mol. The fraction of sp³-hybridized carbons (Fsp3) is 0.200. The van der Waals surface area contributed by atoms with Crippen LogP contribution in [0.3, 0.4) is 0 Å². The predicted molar refractivity (Wildman–Crippen MR) is 75.1 cm³/mol. The fourth-order valence-electron chi connectivity index (χ4n) is 2.41. The smallest absolute Gasteiger partial charge is 0.224 e. The molecule has 3 rings (SSSR count). The van der Waals surface area contributed by atoms with E-state index < -0.39 is 0 Å². The lowest BCUT2D eigenvalue weighted by Gasteiger charge is -2.35. The summed E-state index contributed by atoms with van der Waals surface area (Å²) in [6.07, 6.45) is 3.46. The van der Waals surface area contributed by atoms with Crippen LogP contribution >= 0.6 is 0 Å². The Morgan fingerprint density at radius 3 is 2.84 bits per heavy atom. The lowest BCUT2D eigenvalue weighted by Crippen LogP contribution is -2.39. The molecule has 2 heterocycles. The summed E-state index contributed by atoms with van der Waals surface area (Å²) in [6, 6.07) is 12.2. The van der Waals surface area contributed by atoms with Gasteiger partial charge in [-0.2, -0.15) is 0 Å². The SMILES string of the molecule is CC(=O)N1CC(c2ccccc2)Nc2ccncc21. The number of anilines is 2. The number of aromatic nitrogens is 1. The van der Waals surface area contributed by atoms with Crippen LogP contribution in [-0.2, 0) is 4.79 Å². The van der Waals surface area contributed by atoms with Crippen molar-refractivity contribution in [3.8, 4) is 0 Å². The molecule has 0 spiro atoms. The Bertz CT molecular complexity index is 597. The van der Waals surface area contributed by atoms with E-state index in [2.05, 4.69) is 22.4 Å². The highest BCUT2D eigenvalue weighted by atomic mass is 16.2. The van der Waals surface area contributed by atoms with E-state index in [1.807, 2.05) is 24.3 Å². The third kappa shape index (κ3) is 2.17. The van der Waals surface area contributed by atoms with E-state index in [0.29, 0.717) is 6.54 Å². The number of amides is 1. The van der Waals surface area contributed by atoms with Crippen molar-refractivity contribution in [3.05, 3.63) is 54.4 Å². The van der Waals surface area contributed by atoms with Crippen molar-refractivity contribution in [1.82, 2.24) is 4.98 Å². The average Bonchev–Trinajstić information content (AvgIpc) is 2.47. The normalized spacial score (nSPS) is 17.5. The topological polar surface area (TPSA) is 45.2 Å². The van der Waals surface area contributed by atoms with E-state index in [1.54, 1.807) is 24.2 Å². The third-order valence-corrected chi connectivity index (χ3v) is 3.37. The summed E-state index contributed by atoms with van der Waals surface area (Å²) < 4.78 is 0. The quantitative estimate of drug-likeness (QED) is 0.849. The van der Waals surface area contributed by atoms with E-state index >= 15 is 0 Å². The first-order chi connectivity index (χ1) is 9.25. The predicted octanol–water partition coefficient (Wildman–Crippen LogP) is 2.60. The van der Waals surface area contributed by atoms with Crippen LogP contribution < -0.4 is 10.2 Å². The van der Waals surface area contributed by atoms with Crippen LogP contribution in [0.15, 0.2) is 48.8 Å². The average molecular weight is 253 g/mol. The van der Waals surface area contributed by atoms with Gasteiger partial charge in [-0.25, -0.2) is 0 Å². The minimum Gasteiger partial charge on any atom is -0.375 e. The van der Waals surface area contributed by atoms with Crippen LogP contribution in [0, 0.1) is 0 Å². The van der Waals surface area contributed by atoms with Gasteiger partial charge in [-0.15, -0.1) is 0 Å². The molecule has 1 atom stereocenters. The van der Waals surface area contributed by atoms with Crippen LogP contribution in [0.25, 0.3) is 0 Å². The van der Waals surface area contributed by atoms with Gasteiger partial charge in [-0.05, 0) is 11.6 Å². The molecule has 0 saturated carbocycles. The number of carbonyl (C=O) groups excluding carboxylic acids is 1. The summed E-state index contributed by atoms with van der Waals surface area (Å²) in [6.45, 7) is 2.21. The zero-order valence-corrected chi connectivity index (χ0v) is 10.7. The van der Waals surface area contributed by atoms with E-state index in [1.165, 1.54) is 5.56 Å². The number of rotatable bonds is 1. The van der Waals surface area contributed by atoms with Gasteiger partial charge in [0.1, 0.15) is 0 Å². The first kappa shape index (κ1) is 11.7. The van der Waals surface area contributed by atoms with Gasteiger partial charge in [0.15, 0.2) is 0 Å². The van der Waals surface area contributed by atoms with E-state index in [9.17, 15) is 4.79 Å². The van der Waals surface area contributed by atoms with E-state index in [-0.39, 0.29) is 11.9 Å². The number of hydrogen-bond donors (Lipinski definition) is 1. The van der Waals surface area contributed by atoms with Crippen LogP contribution in [0.2, 0.25) is 0 Å². The number of pyridine rings is 1. The lowest BCUT2D eigenvalue weighted by atomic mass is 10.0.